The maximum absolute atomic E-state index is 10.6. The summed E-state index contributed by atoms with van der Waals surface area (Å²) in [4.78, 5) is 10.6. The van der Waals surface area contributed by atoms with Gasteiger partial charge in [-0.25, -0.2) is 0 Å². The molecule has 1 unspecified atom stereocenters. The van der Waals surface area contributed by atoms with Gasteiger partial charge in [-0.15, -0.1) is 0 Å². The van der Waals surface area contributed by atoms with Crippen molar-refractivity contribution in [1.29, 1.82) is 0 Å². The summed E-state index contributed by atoms with van der Waals surface area (Å²) in [6.07, 6.45) is 1.23. The van der Waals surface area contributed by atoms with Crippen molar-refractivity contribution in [3.63, 3.8) is 0 Å². The van der Waals surface area contributed by atoms with Gasteiger partial charge in [0.2, 0.25) is 0 Å². The van der Waals surface area contributed by atoms with E-state index in [2.05, 4.69) is 33.0 Å². The van der Waals surface area contributed by atoms with E-state index in [1.807, 2.05) is 0 Å². The van der Waals surface area contributed by atoms with Crippen molar-refractivity contribution in [3.05, 3.63) is 0 Å². The van der Waals surface area contributed by atoms with Crippen LogP contribution in [-0.4, -0.2) is 23.7 Å². The highest BCUT2D eigenvalue weighted by Gasteiger charge is 2.25. The van der Waals surface area contributed by atoms with E-state index in [1.54, 1.807) is 0 Å². The lowest BCUT2D eigenvalue weighted by molar-refractivity contribution is -0.138. The van der Waals surface area contributed by atoms with Crippen LogP contribution in [0.5, 0.6) is 0 Å². The second-order valence-electron chi connectivity index (χ2n) is 4.47. The summed E-state index contributed by atoms with van der Waals surface area (Å²) in [5, 5.41) is 12.0. The summed E-state index contributed by atoms with van der Waals surface area (Å²) in [7, 11) is 0. The van der Waals surface area contributed by atoms with Crippen LogP contribution < -0.4 is 5.32 Å². The monoisotopic (exact) mass is 187 g/mol. The summed E-state index contributed by atoms with van der Waals surface area (Å²) in [6, 6.07) is 0.0601. The van der Waals surface area contributed by atoms with Crippen LogP contribution in [0.25, 0.3) is 0 Å². The Morgan fingerprint density at radius 1 is 1.46 bits per heavy atom. The Bertz CT molecular complexity index is 161. The molecule has 0 aliphatic carbocycles. The third-order valence-electron chi connectivity index (χ3n) is 2.06. The molecule has 0 heterocycles. The van der Waals surface area contributed by atoms with Gasteiger partial charge in [-0.3, -0.25) is 4.79 Å². The first-order valence-corrected chi connectivity index (χ1v) is 4.83. The van der Waals surface area contributed by atoms with Gasteiger partial charge in [-0.2, -0.15) is 0 Å². The average Bonchev–Trinajstić information content (AvgIpc) is 1.95. The average molecular weight is 187 g/mol. The summed E-state index contributed by atoms with van der Waals surface area (Å²) in [6.45, 7) is 9.14. The fraction of sp³-hybridized carbons (Fsp3) is 0.900. The Labute approximate surface area is 80.5 Å². The molecule has 0 saturated heterocycles. The van der Waals surface area contributed by atoms with Crippen molar-refractivity contribution >= 4 is 5.97 Å². The van der Waals surface area contributed by atoms with Crippen molar-refractivity contribution in [2.45, 2.75) is 46.6 Å². The molecule has 13 heavy (non-hydrogen) atoms. The zero-order chi connectivity index (χ0) is 10.5. The van der Waals surface area contributed by atoms with Crippen LogP contribution in [0.1, 0.15) is 40.5 Å². The molecule has 0 aromatic rings. The Balaban J connectivity index is 4.11. The molecule has 0 spiro atoms. The zero-order valence-electron chi connectivity index (χ0n) is 9.05. The highest BCUT2D eigenvalue weighted by molar-refractivity contribution is 5.67. The Morgan fingerprint density at radius 3 is 2.31 bits per heavy atom. The van der Waals surface area contributed by atoms with E-state index in [0.29, 0.717) is 0 Å². The predicted molar refractivity (Wildman–Crippen MR) is 53.8 cm³/mol. The van der Waals surface area contributed by atoms with Crippen LogP contribution in [-0.2, 0) is 4.79 Å². The molecule has 0 aromatic heterocycles. The number of aliphatic carboxylic acids is 1. The van der Waals surface area contributed by atoms with E-state index in [0.717, 1.165) is 13.0 Å². The van der Waals surface area contributed by atoms with Crippen LogP contribution in [0, 0.1) is 5.41 Å². The van der Waals surface area contributed by atoms with E-state index in [-0.39, 0.29) is 17.9 Å². The molecule has 3 nitrogen and oxygen atoms in total. The topological polar surface area (TPSA) is 49.3 Å². The fourth-order valence-corrected chi connectivity index (χ4v) is 1.18. The number of carboxylic acids is 1. The Morgan fingerprint density at radius 2 is 2.00 bits per heavy atom. The maximum atomic E-state index is 10.6. The molecule has 0 aliphatic heterocycles. The molecule has 0 amide bonds. The summed E-state index contributed by atoms with van der Waals surface area (Å²) in [5.41, 5.74) is 0.00750. The number of hydrogen-bond acceptors (Lipinski definition) is 2. The number of hydrogen-bond donors (Lipinski definition) is 2. The van der Waals surface area contributed by atoms with Crippen LogP contribution in [0.4, 0.5) is 0 Å². The first-order chi connectivity index (χ1) is 5.88. The molecular formula is C10H21NO2. The van der Waals surface area contributed by atoms with Crippen molar-refractivity contribution in [2.24, 2.45) is 5.41 Å². The molecule has 0 fully saturated rings. The molecule has 0 aliphatic rings. The largest absolute Gasteiger partial charge is 0.481 e. The van der Waals surface area contributed by atoms with Crippen molar-refractivity contribution in [3.8, 4) is 0 Å². The number of carboxylic acid groups (broad SMARTS) is 1. The Kier molecular flexibility index (Phi) is 4.99. The second-order valence-corrected chi connectivity index (χ2v) is 4.47. The smallest absolute Gasteiger partial charge is 0.304 e. The van der Waals surface area contributed by atoms with Crippen LogP contribution in [0.15, 0.2) is 0 Å². The van der Waals surface area contributed by atoms with Gasteiger partial charge in [-0.05, 0) is 18.4 Å². The van der Waals surface area contributed by atoms with Gasteiger partial charge < -0.3 is 10.4 Å². The number of nitrogens with one attached hydrogen (secondary N) is 1. The summed E-state index contributed by atoms with van der Waals surface area (Å²) < 4.78 is 0. The van der Waals surface area contributed by atoms with E-state index in [9.17, 15) is 4.79 Å². The van der Waals surface area contributed by atoms with E-state index in [4.69, 9.17) is 5.11 Å². The summed E-state index contributed by atoms with van der Waals surface area (Å²) in [5.74, 6) is -0.733. The van der Waals surface area contributed by atoms with Gasteiger partial charge in [0.25, 0.3) is 0 Å². The lowest BCUT2D eigenvalue weighted by atomic mass is 9.85. The minimum Gasteiger partial charge on any atom is -0.481 e. The SMILES string of the molecule is CCCNC(CC(=O)O)C(C)(C)C. The molecule has 78 valence electrons. The lowest BCUT2D eigenvalue weighted by Crippen LogP contribution is -2.42. The first kappa shape index (κ1) is 12.4. The van der Waals surface area contributed by atoms with Gasteiger partial charge >= 0.3 is 5.97 Å². The molecule has 2 N–H and O–H groups in total. The minimum absolute atomic E-state index is 0.00750. The minimum atomic E-state index is -0.733. The molecular weight excluding hydrogens is 166 g/mol. The second kappa shape index (κ2) is 5.22. The normalized spacial score (nSPS) is 14.2. The van der Waals surface area contributed by atoms with Gasteiger partial charge in [-0.1, -0.05) is 27.7 Å². The quantitative estimate of drug-likeness (QED) is 0.691. The fourth-order valence-electron chi connectivity index (χ4n) is 1.18. The molecule has 1 atom stereocenters. The van der Waals surface area contributed by atoms with Gasteiger partial charge in [0, 0.05) is 6.04 Å². The molecule has 0 saturated carbocycles. The van der Waals surface area contributed by atoms with Crippen LogP contribution in [0.3, 0.4) is 0 Å². The molecule has 0 radical (unpaired) electrons. The maximum Gasteiger partial charge on any atom is 0.304 e. The highest BCUT2D eigenvalue weighted by Crippen LogP contribution is 2.21. The predicted octanol–water partition coefficient (Wildman–Crippen LogP) is 1.88. The lowest BCUT2D eigenvalue weighted by Gasteiger charge is -2.30. The highest BCUT2D eigenvalue weighted by atomic mass is 16.4. The van der Waals surface area contributed by atoms with Gasteiger partial charge in [0.1, 0.15) is 0 Å². The van der Waals surface area contributed by atoms with Gasteiger partial charge in [0.05, 0.1) is 6.42 Å². The van der Waals surface area contributed by atoms with Crippen LogP contribution >= 0.6 is 0 Å². The zero-order valence-corrected chi connectivity index (χ0v) is 9.05. The third kappa shape index (κ3) is 5.64. The molecule has 0 aromatic carbocycles. The standard InChI is InChI=1S/C10H21NO2/c1-5-6-11-8(7-9(12)13)10(2,3)4/h8,11H,5-7H2,1-4H3,(H,12,13). The van der Waals surface area contributed by atoms with E-state index in [1.165, 1.54) is 0 Å². The molecule has 3 heteroatoms. The number of rotatable bonds is 5. The van der Waals surface area contributed by atoms with Crippen molar-refractivity contribution in [2.75, 3.05) is 6.54 Å². The van der Waals surface area contributed by atoms with E-state index < -0.39 is 5.97 Å². The van der Waals surface area contributed by atoms with Gasteiger partial charge in [0.15, 0.2) is 0 Å². The third-order valence-corrected chi connectivity index (χ3v) is 2.06. The van der Waals surface area contributed by atoms with Crippen LogP contribution in [0.2, 0.25) is 0 Å². The Hall–Kier alpha value is -0.570. The molecule has 0 bridgehead atoms. The number of carbonyl (C=O) groups is 1. The first-order valence-electron chi connectivity index (χ1n) is 4.83. The van der Waals surface area contributed by atoms with E-state index >= 15 is 0 Å². The van der Waals surface area contributed by atoms with Crippen molar-refractivity contribution in [1.82, 2.24) is 5.32 Å². The molecule has 0 rings (SSSR count). The summed E-state index contributed by atoms with van der Waals surface area (Å²) >= 11 is 0. The van der Waals surface area contributed by atoms with Crippen molar-refractivity contribution < 1.29 is 9.90 Å².